The van der Waals surface area contributed by atoms with E-state index >= 15 is 0 Å². The number of nitrogens with zero attached hydrogens (tertiary/aromatic N) is 2. The number of nitrogens with one attached hydrogen (secondary N) is 2. The molecule has 0 spiro atoms. The number of anilines is 1. The summed E-state index contributed by atoms with van der Waals surface area (Å²) in [5, 5.41) is 2.49. The maximum Gasteiger partial charge on any atom is 0.242 e. The molecule has 7 nitrogen and oxygen atoms in total. The van der Waals surface area contributed by atoms with Crippen molar-refractivity contribution in [3.8, 4) is 0 Å². The van der Waals surface area contributed by atoms with Gasteiger partial charge in [0.1, 0.15) is 15.7 Å². The lowest BCUT2D eigenvalue weighted by Crippen LogP contribution is -2.40. The van der Waals surface area contributed by atoms with Crippen molar-refractivity contribution in [3.05, 3.63) is 34.9 Å². The van der Waals surface area contributed by atoms with Crippen LogP contribution in [0.2, 0.25) is 0 Å². The smallest absolute Gasteiger partial charge is 0.242 e. The van der Waals surface area contributed by atoms with Gasteiger partial charge in [-0.1, -0.05) is 0 Å². The van der Waals surface area contributed by atoms with Gasteiger partial charge < -0.3 is 5.43 Å². The highest BCUT2D eigenvalue weighted by Crippen LogP contribution is 2.24. The first-order valence-corrected chi connectivity index (χ1v) is 8.08. The van der Waals surface area contributed by atoms with E-state index in [0.29, 0.717) is 10.8 Å². The molecule has 0 aliphatic rings. The van der Waals surface area contributed by atoms with Gasteiger partial charge in [-0.3, -0.25) is 0 Å². The van der Waals surface area contributed by atoms with Crippen LogP contribution >= 0.6 is 11.3 Å². The second kappa shape index (κ2) is 5.44. The summed E-state index contributed by atoms with van der Waals surface area (Å²) < 4.78 is 27.3. The normalized spacial score (nSPS) is 12.3. The van der Waals surface area contributed by atoms with Crippen LogP contribution in [-0.2, 0) is 15.6 Å². The van der Waals surface area contributed by atoms with Crippen LogP contribution in [0.25, 0.3) is 0 Å². The number of nitrogens with two attached hydrogens (primary N) is 1. The summed E-state index contributed by atoms with van der Waals surface area (Å²) in [6, 6.07) is 2.92. The third-order valence-corrected chi connectivity index (χ3v) is 5.29. The van der Waals surface area contributed by atoms with Crippen LogP contribution in [0.1, 0.15) is 18.9 Å². The minimum absolute atomic E-state index is 0.0705. The fourth-order valence-electron chi connectivity index (χ4n) is 1.60. The molecule has 0 saturated carbocycles. The molecule has 0 saturated heterocycles. The van der Waals surface area contributed by atoms with E-state index in [2.05, 4.69) is 20.1 Å². The predicted molar refractivity (Wildman–Crippen MR) is 77.5 cm³/mol. The average molecular weight is 313 g/mol. The van der Waals surface area contributed by atoms with Gasteiger partial charge in [-0.2, -0.15) is 4.72 Å². The number of nitrogen functional groups attached to an aromatic ring is 1. The van der Waals surface area contributed by atoms with Crippen molar-refractivity contribution >= 4 is 27.2 Å². The highest BCUT2D eigenvalue weighted by Gasteiger charge is 2.30. The minimum Gasteiger partial charge on any atom is -0.308 e. The van der Waals surface area contributed by atoms with Crippen molar-refractivity contribution in [1.82, 2.24) is 14.7 Å². The van der Waals surface area contributed by atoms with E-state index in [1.807, 2.05) is 0 Å². The molecular formula is C11H15N5O2S2. The zero-order valence-corrected chi connectivity index (χ0v) is 12.6. The quantitative estimate of drug-likeness (QED) is 0.562. The molecule has 0 bridgehead atoms. The molecule has 108 valence electrons. The van der Waals surface area contributed by atoms with E-state index in [0.717, 1.165) is 0 Å². The summed E-state index contributed by atoms with van der Waals surface area (Å²) in [4.78, 5) is 8.10. The third-order valence-electron chi connectivity index (χ3n) is 2.55. The lowest BCUT2D eigenvalue weighted by molar-refractivity contribution is 0.469. The number of aromatic nitrogens is 2. The van der Waals surface area contributed by atoms with E-state index < -0.39 is 15.6 Å². The molecule has 20 heavy (non-hydrogen) atoms. The largest absolute Gasteiger partial charge is 0.308 e. The number of hydrogen-bond donors (Lipinski definition) is 3. The fraction of sp³-hybridized carbons (Fsp3) is 0.273. The summed E-state index contributed by atoms with van der Waals surface area (Å²) in [6.07, 6.45) is 2.88. The number of pyridine rings is 1. The number of hydrogen-bond acceptors (Lipinski definition) is 7. The zero-order valence-electron chi connectivity index (χ0n) is 11.0. The summed E-state index contributed by atoms with van der Waals surface area (Å²) >= 11 is 1.39. The van der Waals surface area contributed by atoms with Gasteiger partial charge in [-0.25, -0.2) is 24.2 Å². The molecule has 0 radical (unpaired) electrons. The highest BCUT2D eigenvalue weighted by molar-refractivity contribution is 7.89. The number of hydrazine groups is 1. The van der Waals surface area contributed by atoms with E-state index in [-0.39, 0.29) is 4.90 Å². The molecule has 0 unspecified atom stereocenters. The SMILES string of the molecule is CC(C)(NS(=O)(=O)c1ccc(NN)nc1)c1nccs1. The molecule has 0 amide bonds. The van der Waals surface area contributed by atoms with Crippen molar-refractivity contribution in [2.24, 2.45) is 5.84 Å². The Balaban J connectivity index is 2.26. The van der Waals surface area contributed by atoms with Crippen LogP contribution in [0.3, 0.4) is 0 Å². The molecule has 2 aromatic heterocycles. The Morgan fingerprint density at radius 1 is 1.30 bits per heavy atom. The predicted octanol–water partition coefficient (Wildman–Crippen LogP) is 1.04. The van der Waals surface area contributed by atoms with E-state index in [1.54, 1.807) is 25.4 Å². The molecule has 2 aromatic rings. The molecule has 2 rings (SSSR count). The van der Waals surface area contributed by atoms with Gasteiger partial charge in [0.25, 0.3) is 0 Å². The standard InChI is InChI=1S/C11H15N5O2S2/c1-11(2,10-13-5-6-19-10)16-20(17,18)8-3-4-9(15-12)14-7-8/h3-7,16H,12H2,1-2H3,(H,14,15). The van der Waals surface area contributed by atoms with E-state index in [9.17, 15) is 8.42 Å². The second-order valence-electron chi connectivity index (χ2n) is 4.59. The van der Waals surface area contributed by atoms with Crippen LogP contribution in [0.15, 0.2) is 34.8 Å². The molecule has 2 heterocycles. The average Bonchev–Trinajstić information content (AvgIpc) is 2.92. The second-order valence-corrected chi connectivity index (χ2v) is 7.17. The summed E-state index contributed by atoms with van der Waals surface area (Å²) in [5.41, 5.74) is 1.55. The number of sulfonamides is 1. The molecule has 0 fully saturated rings. The van der Waals surface area contributed by atoms with E-state index in [1.165, 1.54) is 29.7 Å². The maximum absolute atomic E-state index is 12.3. The van der Waals surface area contributed by atoms with Crippen LogP contribution in [-0.4, -0.2) is 18.4 Å². The number of rotatable bonds is 5. The van der Waals surface area contributed by atoms with Gasteiger partial charge in [-0.05, 0) is 26.0 Å². The summed E-state index contributed by atoms with van der Waals surface area (Å²) in [6.45, 7) is 3.51. The lowest BCUT2D eigenvalue weighted by Gasteiger charge is -2.23. The molecular weight excluding hydrogens is 298 g/mol. The fourth-order valence-corrected chi connectivity index (χ4v) is 3.70. The minimum atomic E-state index is -3.68. The van der Waals surface area contributed by atoms with Gasteiger partial charge in [0.05, 0.1) is 5.54 Å². The first-order valence-electron chi connectivity index (χ1n) is 5.72. The van der Waals surface area contributed by atoms with Crippen molar-refractivity contribution < 1.29 is 8.42 Å². The molecule has 0 aliphatic heterocycles. The van der Waals surface area contributed by atoms with Crippen LogP contribution < -0.4 is 16.0 Å². The molecule has 0 aliphatic carbocycles. The lowest BCUT2D eigenvalue weighted by atomic mass is 10.1. The van der Waals surface area contributed by atoms with Crippen molar-refractivity contribution in [1.29, 1.82) is 0 Å². The van der Waals surface area contributed by atoms with Crippen molar-refractivity contribution in [2.75, 3.05) is 5.43 Å². The molecule has 4 N–H and O–H groups in total. The summed E-state index contributed by atoms with van der Waals surface area (Å²) in [7, 11) is -3.68. The zero-order chi connectivity index (χ0) is 14.8. The van der Waals surface area contributed by atoms with Gasteiger partial charge in [0, 0.05) is 17.8 Å². The molecule has 0 aromatic carbocycles. The van der Waals surface area contributed by atoms with Crippen molar-refractivity contribution in [3.63, 3.8) is 0 Å². The third kappa shape index (κ3) is 3.12. The van der Waals surface area contributed by atoms with Gasteiger partial charge in [-0.15, -0.1) is 11.3 Å². The first-order chi connectivity index (χ1) is 9.35. The van der Waals surface area contributed by atoms with Crippen LogP contribution in [0.4, 0.5) is 5.82 Å². The Hall–Kier alpha value is -1.55. The van der Waals surface area contributed by atoms with Crippen LogP contribution in [0.5, 0.6) is 0 Å². The maximum atomic E-state index is 12.3. The Kier molecular flexibility index (Phi) is 4.04. The van der Waals surface area contributed by atoms with Crippen LogP contribution in [0, 0.1) is 0 Å². The number of thiazole rings is 1. The van der Waals surface area contributed by atoms with Gasteiger partial charge in [0.2, 0.25) is 10.0 Å². The topological polar surface area (TPSA) is 110 Å². The highest BCUT2D eigenvalue weighted by atomic mass is 32.2. The summed E-state index contributed by atoms with van der Waals surface area (Å²) in [5.74, 6) is 5.58. The van der Waals surface area contributed by atoms with Gasteiger partial charge in [0.15, 0.2) is 0 Å². The van der Waals surface area contributed by atoms with Gasteiger partial charge >= 0.3 is 0 Å². The first kappa shape index (κ1) is 14.9. The molecule has 0 atom stereocenters. The van der Waals surface area contributed by atoms with Crippen molar-refractivity contribution in [2.45, 2.75) is 24.3 Å². The Morgan fingerprint density at radius 3 is 2.55 bits per heavy atom. The molecule has 9 heteroatoms. The van der Waals surface area contributed by atoms with E-state index in [4.69, 9.17) is 5.84 Å². The Labute approximate surface area is 121 Å². The Bertz CT molecular complexity index is 665. The monoisotopic (exact) mass is 313 g/mol. The Morgan fingerprint density at radius 2 is 2.05 bits per heavy atom.